The monoisotopic (exact) mass is 172 g/mol. The van der Waals surface area contributed by atoms with E-state index in [1.807, 2.05) is 10.0 Å². The Hall–Kier alpha value is -0.800. The van der Waals surface area contributed by atoms with Crippen LogP contribution >= 0.6 is 0 Å². The minimum absolute atomic E-state index is 0.918. The lowest BCUT2D eigenvalue weighted by molar-refractivity contribution is 0.220. The molecular weight excluding hydrogens is 152 g/mol. The molecule has 0 saturated heterocycles. The second-order valence-corrected chi connectivity index (χ2v) is 2.46. The van der Waals surface area contributed by atoms with Gasteiger partial charge in [0.05, 0.1) is 0 Å². The molecule has 0 rings (SSSR count). The Morgan fingerprint density at radius 3 is 1.08 bits per heavy atom. The maximum atomic E-state index is 4.09. The molecule has 0 aliphatic carbocycles. The molecule has 0 spiro atoms. The predicted molar refractivity (Wildman–Crippen MR) is 50.7 cm³/mol. The fraction of sp³-hybridized carbons (Fsp3) is 1.00. The first-order valence-corrected chi connectivity index (χ1v) is 4.69. The average molecular weight is 172 g/mol. The van der Waals surface area contributed by atoms with Gasteiger partial charge in [0.1, 0.15) is 0 Å². The van der Waals surface area contributed by atoms with Crippen molar-refractivity contribution in [1.29, 1.82) is 0 Å². The molecule has 4 heteroatoms. The van der Waals surface area contributed by atoms with E-state index in [1.165, 1.54) is 0 Å². The van der Waals surface area contributed by atoms with Crippen molar-refractivity contribution in [2.24, 2.45) is 10.4 Å². The van der Waals surface area contributed by atoms with Gasteiger partial charge in [0.25, 0.3) is 0 Å². The number of hydrogen-bond donors (Lipinski definition) is 0. The van der Waals surface area contributed by atoms with Crippen LogP contribution in [0.5, 0.6) is 0 Å². The van der Waals surface area contributed by atoms with Crippen LogP contribution in [0.25, 0.3) is 0 Å². The van der Waals surface area contributed by atoms with Crippen LogP contribution in [0, 0.1) is 0 Å². The summed E-state index contributed by atoms with van der Waals surface area (Å²) in [4.78, 5) is 0. The van der Waals surface area contributed by atoms with E-state index in [0.29, 0.717) is 0 Å². The minimum Gasteiger partial charge on any atom is -0.278 e. The molecule has 12 heavy (non-hydrogen) atoms. The zero-order chi connectivity index (χ0) is 9.40. The van der Waals surface area contributed by atoms with Gasteiger partial charge in [-0.15, -0.1) is 0 Å². The Morgan fingerprint density at radius 2 is 0.917 bits per heavy atom. The van der Waals surface area contributed by atoms with E-state index >= 15 is 0 Å². The van der Waals surface area contributed by atoms with E-state index in [9.17, 15) is 0 Å². The molecule has 0 N–H and O–H groups in total. The Balaban J connectivity index is 3.83. The first-order valence-electron chi connectivity index (χ1n) is 4.69. The lowest BCUT2D eigenvalue weighted by Crippen LogP contribution is -2.19. The van der Waals surface area contributed by atoms with Crippen LogP contribution in [-0.4, -0.2) is 36.2 Å². The van der Waals surface area contributed by atoms with Gasteiger partial charge in [-0.2, -0.15) is 0 Å². The molecule has 0 aliphatic heterocycles. The Kier molecular flexibility index (Phi) is 6.42. The third-order valence-corrected chi connectivity index (χ3v) is 1.75. The zero-order valence-corrected chi connectivity index (χ0v) is 8.62. The fourth-order valence-corrected chi connectivity index (χ4v) is 0.813. The summed E-state index contributed by atoms with van der Waals surface area (Å²) in [5.74, 6) is 0. The normalized spacial score (nSPS) is 10.7. The van der Waals surface area contributed by atoms with Crippen LogP contribution < -0.4 is 0 Å². The molecule has 72 valence electrons. The summed E-state index contributed by atoms with van der Waals surface area (Å²) < 4.78 is 0. The van der Waals surface area contributed by atoms with Crippen LogP contribution in [0.2, 0.25) is 0 Å². The molecule has 4 nitrogen and oxygen atoms in total. The Labute approximate surface area is 75.2 Å². The molecule has 0 aromatic rings. The standard InChI is InChI=1S/C8H20N4/c1-5-11(6-2)9-10-12(7-3)8-4/h5-8H2,1-4H3. The van der Waals surface area contributed by atoms with Gasteiger partial charge in [0, 0.05) is 26.2 Å². The molecule has 0 heterocycles. The summed E-state index contributed by atoms with van der Waals surface area (Å²) in [6.45, 7) is 12.0. The van der Waals surface area contributed by atoms with Crippen LogP contribution in [0.3, 0.4) is 0 Å². The highest BCUT2D eigenvalue weighted by atomic mass is 15.7. The van der Waals surface area contributed by atoms with Crippen LogP contribution in [-0.2, 0) is 0 Å². The van der Waals surface area contributed by atoms with Gasteiger partial charge < -0.3 is 0 Å². The summed E-state index contributed by atoms with van der Waals surface area (Å²) in [7, 11) is 0. The first kappa shape index (κ1) is 11.2. The molecule has 0 aromatic carbocycles. The van der Waals surface area contributed by atoms with Crippen LogP contribution in [0.1, 0.15) is 27.7 Å². The van der Waals surface area contributed by atoms with Gasteiger partial charge in [-0.05, 0) is 27.7 Å². The topological polar surface area (TPSA) is 31.2 Å². The molecule has 0 aromatic heterocycles. The molecule has 0 atom stereocenters. The first-order chi connectivity index (χ1) is 5.78. The van der Waals surface area contributed by atoms with Crippen molar-refractivity contribution < 1.29 is 0 Å². The summed E-state index contributed by atoms with van der Waals surface area (Å²) in [6, 6.07) is 0. The summed E-state index contributed by atoms with van der Waals surface area (Å²) in [6.07, 6.45) is 0. The largest absolute Gasteiger partial charge is 0.278 e. The van der Waals surface area contributed by atoms with Gasteiger partial charge in [-0.1, -0.05) is 10.4 Å². The van der Waals surface area contributed by atoms with Gasteiger partial charge in [0.2, 0.25) is 0 Å². The number of rotatable bonds is 6. The van der Waals surface area contributed by atoms with Gasteiger partial charge in [-0.3, -0.25) is 10.0 Å². The van der Waals surface area contributed by atoms with Gasteiger partial charge >= 0.3 is 0 Å². The highest BCUT2D eigenvalue weighted by Crippen LogP contribution is 1.93. The van der Waals surface area contributed by atoms with Crippen molar-refractivity contribution in [2.75, 3.05) is 26.2 Å². The fourth-order valence-electron chi connectivity index (χ4n) is 0.813. The lowest BCUT2D eigenvalue weighted by Gasteiger charge is -2.16. The van der Waals surface area contributed by atoms with E-state index in [4.69, 9.17) is 0 Å². The summed E-state index contributed by atoms with van der Waals surface area (Å²) in [5.41, 5.74) is 0. The smallest absolute Gasteiger partial charge is 0.0349 e. The van der Waals surface area contributed by atoms with Gasteiger partial charge in [0.15, 0.2) is 0 Å². The minimum atomic E-state index is 0.918. The van der Waals surface area contributed by atoms with Crippen molar-refractivity contribution >= 4 is 0 Å². The number of hydrogen-bond acceptors (Lipinski definition) is 2. The third-order valence-electron chi connectivity index (χ3n) is 1.75. The maximum Gasteiger partial charge on any atom is 0.0349 e. The van der Waals surface area contributed by atoms with Crippen molar-refractivity contribution in [3.8, 4) is 0 Å². The zero-order valence-electron chi connectivity index (χ0n) is 8.62. The van der Waals surface area contributed by atoms with E-state index in [1.54, 1.807) is 0 Å². The highest BCUT2D eigenvalue weighted by molar-refractivity contribution is 4.41. The molecule has 0 aliphatic rings. The SMILES string of the molecule is CCN(CC)N=NN(CC)CC. The van der Waals surface area contributed by atoms with E-state index in [0.717, 1.165) is 26.2 Å². The van der Waals surface area contributed by atoms with Crippen LogP contribution in [0.4, 0.5) is 0 Å². The maximum absolute atomic E-state index is 4.09. The second kappa shape index (κ2) is 6.88. The molecule has 0 amide bonds. The number of nitrogens with zero attached hydrogens (tertiary/aromatic N) is 4. The summed E-state index contributed by atoms with van der Waals surface area (Å²) in [5, 5.41) is 12.0. The molecule has 0 radical (unpaired) electrons. The van der Waals surface area contributed by atoms with Crippen molar-refractivity contribution in [2.45, 2.75) is 27.7 Å². The quantitative estimate of drug-likeness (QED) is 0.453. The van der Waals surface area contributed by atoms with Crippen molar-refractivity contribution in [3.63, 3.8) is 0 Å². The Morgan fingerprint density at radius 1 is 0.667 bits per heavy atom. The summed E-state index contributed by atoms with van der Waals surface area (Å²) >= 11 is 0. The molecular formula is C8H20N4. The van der Waals surface area contributed by atoms with Crippen molar-refractivity contribution in [3.05, 3.63) is 0 Å². The molecule has 0 saturated carbocycles. The van der Waals surface area contributed by atoms with Gasteiger partial charge in [-0.25, -0.2) is 0 Å². The van der Waals surface area contributed by atoms with E-state index in [2.05, 4.69) is 38.1 Å². The Bertz CT molecular complexity index is 102. The van der Waals surface area contributed by atoms with E-state index < -0.39 is 0 Å². The highest BCUT2D eigenvalue weighted by Gasteiger charge is 1.94. The molecule has 0 unspecified atom stereocenters. The third kappa shape index (κ3) is 4.16. The second-order valence-electron chi connectivity index (χ2n) is 2.46. The molecule has 0 bridgehead atoms. The average Bonchev–Trinajstić information content (AvgIpc) is 2.13. The van der Waals surface area contributed by atoms with Crippen LogP contribution in [0.15, 0.2) is 10.4 Å². The van der Waals surface area contributed by atoms with E-state index in [-0.39, 0.29) is 0 Å². The van der Waals surface area contributed by atoms with Crippen molar-refractivity contribution in [1.82, 2.24) is 10.0 Å². The lowest BCUT2D eigenvalue weighted by atomic mass is 10.6. The predicted octanol–water partition coefficient (Wildman–Crippen LogP) is 1.95. The molecule has 0 fully saturated rings.